The molecular formula is C19H19Cl2F3N2. The molecule has 0 fully saturated rings. The molecule has 0 amide bonds. The number of halogens is 5. The first-order chi connectivity index (χ1) is 12.1. The lowest BCUT2D eigenvalue weighted by Gasteiger charge is -2.13. The van der Waals surface area contributed by atoms with E-state index in [1.54, 1.807) is 18.5 Å². The van der Waals surface area contributed by atoms with Gasteiger partial charge in [0.1, 0.15) is 0 Å². The molecule has 0 N–H and O–H groups in total. The molecule has 0 saturated heterocycles. The lowest BCUT2D eigenvalue weighted by atomic mass is 9.98. The van der Waals surface area contributed by atoms with Gasteiger partial charge in [0, 0.05) is 13.6 Å². The van der Waals surface area contributed by atoms with Crippen molar-refractivity contribution in [3.63, 3.8) is 0 Å². The van der Waals surface area contributed by atoms with Gasteiger partial charge in [0.25, 0.3) is 0 Å². The van der Waals surface area contributed by atoms with Crippen molar-refractivity contribution in [2.24, 2.45) is 4.99 Å². The summed E-state index contributed by atoms with van der Waals surface area (Å²) in [4.78, 5) is 6.25. The maximum absolute atomic E-state index is 13.0. The number of hydrogen-bond donors (Lipinski definition) is 0. The fraction of sp³-hybridized carbons (Fsp3) is 0.316. The predicted octanol–water partition coefficient (Wildman–Crippen LogP) is 6.52. The van der Waals surface area contributed by atoms with Crippen LogP contribution in [0.3, 0.4) is 0 Å². The largest absolute Gasteiger partial charge is 0.417 e. The smallest absolute Gasteiger partial charge is 0.366 e. The van der Waals surface area contributed by atoms with E-state index in [-0.39, 0.29) is 5.02 Å². The minimum absolute atomic E-state index is 0.305. The summed E-state index contributed by atoms with van der Waals surface area (Å²) in [6.45, 7) is 4.70. The van der Waals surface area contributed by atoms with E-state index in [4.69, 9.17) is 23.2 Å². The molecule has 0 aliphatic carbocycles. The molecule has 0 heterocycles. The fourth-order valence-corrected chi connectivity index (χ4v) is 2.82. The summed E-state index contributed by atoms with van der Waals surface area (Å²) in [6.07, 6.45) is -2.47. The lowest BCUT2D eigenvalue weighted by molar-refractivity contribution is -0.137. The first-order valence-corrected chi connectivity index (χ1v) is 8.76. The van der Waals surface area contributed by atoms with Crippen molar-refractivity contribution in [1.29, 1.82) is 0 Å². The summed E-state index contributed by atoms with van der Waals surface area (Å²) >= 11 is 12.0. The molecule has 0 aliphatic rings. The van der Waals surface area contributed by atoms with E-state index in [0.717, 1.165) is 23.7 Å². The normalized spacial score (nSPS) is 12.0. The molecule has 0 radical (unpaired) electrons. The van der Waals surface area contributed by atoms with Gasteiger partial charge in [0.2, 0.25) is 0 Å². The molecule has 140 valence electrons. The summed E-state index contributed by atoms with van der Waals surface area (Å²) in [6, 6.07) is 7.52. The van der Waals surface area contributed by atoms with E-state index in [9.17, 15) is 13.2 Å². The van der Waals surface area contributed by atoms with Gasteiger partial charge >= 0.3 is 6.18 Å². The van der Waals surface area contributed by atoms with Crippen LogP contribution in [0.4, 0.5) is 18.9 Å². The van der Waals surface area contributed by atoms with E-state index >= 15 is 0 Å². The quantitative estimate of drug-likeness (QED) is 0.410. The van der Waals surface area contributed by atoms with E-state index < -0.39 is 11.7 Å². The van der Waals surface area contributed by atoms with Gasteiger partial charge in [0.05, 0.1) is 27.6 Å². The third-order valence-electron chi connectivity index (χ3n) is 4.03. The van der Waals surface area contributed by atoms with Crippen LogP contribution in [0.5, 0.6) is 0 Å². The van der Waals surface area contributed by atoms with Crippen LogP contribution >= 0.6 is 23.2 Å². The van der Waals surface area contributed by atoms with Crippen molar-refractivity contribution in [3.8, 4) is 0 Å². The minimum Gasteiger partial charge on any atom is -0.366 e. The first-order valence-electron chi connectivity index (χ1n) is 8.01. The summed E-state index contributed by atoms with van der Waals surface area (Å²) in [5.74, 6) is 0. The van der Waals surface area contributed by atoms with Gasteiger partial charge in [-0.25, -0.2) is 4.99 Å². The van der Waals surface area contributed by atoms with Gasteiger partial charge in [-0.2, -0.15) is 13.2 Å². The Kier molecular flexibility index (Phi) is 6.58. The van der Waals surface area contributed by atoms with E-state index in [2.05, 4.69) is 4.99 Å². The van der Waals surface area contributed by atoms with Gasteiger partial charge in [-0.1, -0.05) is 29.3 Å². The Labute approximate surface area is 161 Å². The highest BCUT2D eigenvalue weighted by Crippen LogP contribution is 2.36. The molecule has 2 aromatic carbocycles. The zero-order valence-electron chi connectivity index (χ0n) is 14.7. The molecule has 0 atom stereocenters. The standard InChI is InChI=1S/C19H19Cl2F3N2/c1-4-26(3)11-25-18-7-12(2)14(10-17(18)21)8-13-5-6-16(20)15(9-13)19(22,23)24/h5-7,9-11H,4,8H2,1-3H3. The second-order valence-corrected chi connectivity index (χ2v) is 6.85. The van der Waals surface area contributed by atoms with Crippen molar-refractivity contribution < 1.29 is 13.2 Å². The number of aryl methyl sites for hydroxylation is 1. The van der Waals surface area contributed by atoms with Crippen molar-refractivity contribution in [2.75, 3.05) is 13.6 Å². The summed E-state index contributed by atoms with van der Waals surface area (Å²) < 4.78 is 39.1. The van der Waals surface area contributed by atoms with E-state index in [0.29, 0.717) is 22.7 Å². The monoisotopic (exact) mass is 402 g/mol. The maximum atomic E-state index is 13.0. The summed E-state index contributed by atoms with van der Waals surface area (Å²) in [5, 5.41) is 0.150. The zero-order chi connectivity index (χ0) is 19.5. The van der Waals surface area contributed by atoms with E-state index in [1.165, 1.54) is 6.07 Å². The molecule has 7 heteroatoms. The number of nitrogens with zero attached hydrogens (tertiary/aromatic N) is 2. The number of hydrogen-bond acceptors (Lipinski definition) is 1. The average Bonchev–Trinajstić information content (AvgIpc) is 2.56. The molecule has 2 rings (SSSR count). The SMILES string of the molecule is CCN(C)C=Nc1cc(C)c(Cc2ccc(Cl)c(C(F)(F)F)c2)cc1Cl. The Morgan fingerprint density at radius 1 is 1.12 bits per heavy atom. The second-order valence-electron chi connectivity index (χ2n) is 6.04. The van der Waals surface area contributed by atoms with Crippen LogP contribution in [0.15, 0.2) is 35.3 Å². The lowest BCUT2D eigenvalue weighted by Crippen LogP contribution is -2.14. The van der Waals surface area contributed by atoms with Crippen LogP contribution in [-0.4, -0.2) is 24.8 Å². The third kappa shape index (κ3) is 5.15. The number of alkyl halides is 3. The third-order valence-corrected chi connectivity index (χ3v) is 4.66. The number of aliphatic imine (C=N–C) groups is 1. The van der Waals surface area contributed by atoms with Gasteiger partial charge < -0.3 is 4.90 Å². The molecule has 0 aromatic heterocycles. The highest BCUT2D eigenvalue weighted by molar-refractivity contribution is 6.33. The van der Waals surface area contributed by atoms with Crippen LogP contribution in [0.25, 0.3) is 0 Å². The second kappa shape index (κ2) is 8.31. The molecule has 26 heavy (non-hydrogen) atoms. The number of rotatable bonds is 5. The van der Waals surface area contributed by atoms with Crippen LogP contribution in [0, 0.1) is 6.92 Å². The van der Waals surface area contributed by atoms with Gasteiger partial charge in [-0.15, -0.1) is 0 Å². The Balaban J connectivity index is 2.31. The Morgan fingerprint density at radius 3 is 2.42 bits per heavy atom. The average molecular weight is 403 g/mol. The molecule has 0 unspecified atom stereocenters. The highest BCUT2D eigenvalue weighted by atomic mass is 35.5. The van der Waals surface area contributed by atoms with Crippen LogP contribution in [-0.2, 0) is 12.6 Å². The van der Waals surface area contributed by atoms with Gasteiger partial charge in [0.15, 0.2) is 0 Å². The summed E-state index contributed by atoms with van der Waals surface area (Å²) in [7, 11) is 1.90. The molecule has 0 spiro atoms. The first kappa shape index (κ1) is 20.6. The Morgan fingerprint density at radius 2 is 1.81 bits per heavy atom. The topological polar surface area (TPSA) is 15.6 Å². The molecule has 0 aliphatic heterocycles. The van der Waals surface area contributed by atoms with Crippen molar-refractivity contribution >= 4 is 35.2 Å². The number of benzene rings is 2. The summed E-state index contributed by atoms with van der Waals surface area (Å²) in [5.41, 5.74) is 2.06. The Bertz CT molecular complexity index is 817. The van der Waals surface area contributed by atoms with Crippen LogP contribution in [0.1, 0.15) is 29.2 Å². The predicted molar refractivity (Wildman–Crippen MR) is 102 cm³/mol. The van der Waals surface area contributed by atoms with Crippen molar-refractivity contribution in [2.45, 2.75) is 26.4 Å². The molecule has 0 saturated carbocycles. The van der Waals surface area contributed by atoms with Crippen LogP contribution < -0.4 is 0 Å². The Hall–Kier alpha value is -1.72. The van der Waals surface area contributed by atoms with E-state index in [1.807, 2.05) is 31.9 Å². The van der Waals surface area contributed by atoms with Crippen LogP contribution in [0.2, 0.25) is 10.0 Å². The van der Waals surface area contributed by atoms with Gasteiger partial charge in [-0.05, 0) is 61.2 Å². The van der Waals surface area contributed by atoms with Crippen molar-refractivity contribution in [3.05, 3.63) is 62.6 Å². The molecular weight excluding hydrogens is 384 g/mol. The highest BCUT2D eigenvalue weighted by Gasteiger charge is 2.33. The van der Waals surface area contributed by atoms with Crippen molar-refractivity contribution in [1.82, 2.24) is 4.90 Å². The zero-order valence-corrected chi connectivity index (χ0v) is 16.2. The maximum Gasteiger partial charge on any atom is 0.417 e. The van der Waals surface area contributed by atoms with Gasteiger partial charge in [-0.3, -0.25) is 0 Å². The molecule has 0 bridgehead atoms. The molecule has 2 nitrogen and oxygen atoms in total. The minimum atomic E-state index is -4.48. The fourth-order valence-electron chi connectivity index (χ4n) is 2.36. The molecule has 2 aromatic rings.